The maximum absolute atomic E-state index is 10.3. The topological polar surface area (TPSA) is 81.6 Å². The molecule has 0 aromatic heterocycles. The Labute approximate surface area is 58.9 Å². The van der Waals surface area contributed by atoms with Crippen molar-refractivity contribution in [1.29, 1.82) is 0 Å². The number of aldehydes is 1. The van der Waals surface area contributed by atoms with Crippen molar-refractivity contribution in [3.8, 4) is 0 Å². The van der Waals surface area contributed by atoms with Crippen LogP contribution in [0.1, 0.15) is 6.92 Å². The third kappa shape index (κ3) is 0.929. The molecule has 5 nitrogen and oxygen atoms in total. The van der Waals surface area contributed by atoms with Crippen LogP contribution < -0.4 is 11.6 Å². The number of rotatable bonds is 1. The van der Waals surface area contributed by atoms with Crippen LogP contribution in [0.15, 0.2) is 0 Å². The zero-order valence-electron chi connectivity index (χ0n) is 5.78. The molecule has 2 atom stereocenters. The number of ether oxygens (including phenoxy) is 1. The maximum Gasteiger partial charge on any atom is 0.246 e. The number of hydrogen-bond acceptors (Lipinski definition) is 5. The van der Waals surface area contributed by atoms with Crippen LogP contribution >= 0.6 is 0 Å². The summed E-state index contributed by atoms with van der Waals surface area (Å²) in [5.41, 5.74) is 5.40. The largest absolute Gasteiger partial charge is 0.339 e. The van der Waals surface area contributed by atoms with E-state index in [0.717, 1.165) is 0 Å². The van der Waals surface area contributed by atoms with E-state index in [1.807, 2.05) is 6.92 Å². The Kier molecular flexibility index (Phi) is 1.74. The molecule has 2 unspecified atom stereocenters. The molecule has 4 N–H and O–H groups in total. The monoisotopic (exact) mass is 145 g/mol. The number of carbonyl (C=O) groups excluding carboxylic acids is 1. The average molecular weight is 145 g/mol. The Morgan fingerprint density at radius 1 is 1.90 bits per heavy atom. The summed E-state index contributed by atoms with van der Waals surface area (Å²) in [5.74, 6) is 4.02. The predicted molar refractivity (Wildman–Crippen MR) is 34.4 cm³/mol. The highest BCUT2D eigenvalue weighted by Crippen LogP contribution is 2.16. The summed E-state index contributed by atoms with van der Waals surface area (Å²) in [5, 5.41) is 1.21. The number of hydrogen-bond donors (Lipinski definition) is 2. The highest BCUT2D eigenvalue weighted by Gasteiger charge is 2.41. The van der Waals surface area contributed by atoms with Gasteiger partial charge >= 0.3 is 0 Å². The van der Waals surface area contributed by atoms with E-state index in [-0.39, 0.29) is 6.04 Å². The molecule has 1 rings (SSSR count). The van der Waals surface area contributed by atoms with E-state index in [2.05, 4.69) is 0 Å². The molecule has 1 fully saturated rings. The zero-order valence-corrected chi connectivity index (χ0v) is 5.78. The van der Waals surface area contributed by atoms with Crippen LogP contribution in [0.5, 0.6) is 0 Å². The minimum absolute atomic E-state index is 0.00444. The van der Waals surface area contributed by atoms with Crippen molar-refractivity contribution in [2.45, 2.75) is 18.8 Å². The van der Waals surface area contributed by atoms with Crippen LogP contribution in [0.4, 0.5) is 0 Å². The fourth-order valence-corrected chi connectivity index (χ4v) is 0.848. The highest BCUT2D eigenvalue weighted by atomic mass is 16.6. The molecule has 10 heavy (non-hydrogen) atoms. The summed E-state index contributed by atoms with van der Waals surface area (Å²) in [6.07, 6.45) is 0.497. The van der Waals surface area contributed by atoms with Crippen LogP contribution in [0, 0.1) is 0 Å². The zero-order chi connectivity index (χ0) is 7.78. The lowest BCUT2D eigenvalue weighted by molar-refractivity contribution is -0.140. The Balaban J connectivity index is 2.73. The van der Waals surface area contributed by atoms with Gasteiger partial charge in [0.25, 0.3) is 0 Å². The first-order valence-corrected chi connectivity index (χ1v) is 3.03. The lowest BCUT2D eigenvalue weighted by atomic mass is 10.3. The number of hydrazine groups is 1. The van der Waals surface area contributed by atoms with Crippen molar-refractivity contribution in [3.63, 3.8) is 0 Å². The maximum atomic E-state index is 10.3. The second-order valence-corrected chi connectivity index (χ2v) is 2.44. The minimum atomic E-state index is -1.40. The van der Waals surface area contributed by atoms with Gasteiger partial charge in [-0.1, -0.05) is 0 Å². The van der Waals surface area contributed by atoms with Crippen LogP contribution in [0.25, 0.3) is 0 Å². The van der Waals surface area contributed by atoms with E-state index in [9.17, 15) is 4.79 Å². The Bertz CT molecular complexity index is 152. The second-order valence-electron chi connectivity index (χ2n) is 2.44. The fourth-order valence-electron chi connectivity index (χ4n) is 0.848. The molecule has 1 aliphatic heterocycles. The van der Waals surface area contributed by atoms with Gasteiger partial charge in [0.1, 0.15) is 0 Å². The fraction of sp³-hybridized carbons (Fsp3) is 0.800. The van der Waals surface area contributed by atoms with E-state index < -0.39 is 5.85 Å². The van der Waals surface area contributed by atoms with Gasteiger partial charge in [-0.2, -0.15) is 5.01 Å². The van der Waals surface area contributed by atoms with Crippen molar-refractivity contribution in [2.24, 2.45) is 11.6 Å². The van der Waals surface area contributed by atoms with E-state index >= 15 is 0 Å². The van der Waals surface area contributed by atoms with Gasteiger partial charge in [0.05, 0.1) is 6.61 Å². The van der Waals surface area contributed by atoms with E-state index in [0.29, 0.717) is 12.9 Å². The van der Waals surface area contributed by atoms with Crippen molar-refractivity contribution in [3.05, 3.63) is 0 Å². The first kappa shape index (κ1) is 7.62. The molecule has 0 aromatic rings. The third-order valence-electron chi connectivity index (χ3n) is 1.60. The summed E-state index contributed by atoms with van der Waals surface area (Å²) >= 11 is 0. The molecule has 1 saturated heterocycles. The van der Waals surface area contributed by atoms with Gasteiger partial charge in [-0.3, -0.25) is 16.4 Å². The summed E-state index contributed by atoms with van der Waals surface area (Å²) in [4.78, 5) is 10.3. The summed E-state index contributed by atoms with van der Waals surface area (Å²) in [7, 11) is 0. The standard InChI is InChI=1S/C5H11N3O2/c1-4-2-10-5(6,3-9)8(4)7/h3-4H,2,6-7H2,1H3. The normalized spacial score (nSPS) is 42.1. The van der Waals surface area contributed by atoms with Crippen molar-refractivity contribution in [2.75, 3.05) is 6.61 Å². The van der Waals surface area contributed by atoms with E-state index in [1.54, 1.807) is 0 Å². The van der Waals surface area contributed by atoms with Gasteiger partial charge in [-0.15, -0.1) is 0 Å². The minimum Gasteiger partial charge on any atom is -0.339 e. The molecule has 0 amide bonds. The van der Waals surface area contributed by atoms with E-state index in [1.165, 1.54) is 5.01 Å². The van der Waals surface area contributed by atoms with Crippen LogP contribution in [-0.2, 0) is 9.53 Å². The number of nitrogens with two attached hydrogens (primary N) is 2. The van der Waals surface area contributed by atoms with Gasteiger partial charge in [0.2, 0.25) is 5.85 Å². The van der Waals surface area contributed by atoms with Crippen LogP contribution in [-0.4, -0.2) is 29.8 Å². The summed E-state index contributed by atoms with van der Waals surface area (Å²) < 4.78 is 4.92. The molecule has 1 aliphatic rings. The SMILES string of the molecule is CC1COC(N)(C=O)N1N. The van der Waals surface area contributed by atoms with E-state index in [4.69, 9.17) is 16.3 Å². The molecule has 1 heterocycles. The van der Waals surface area contributed by atoms with Crippen LogP contribution in [0.3, 0.4) is 0 Å². The third-order valence-corrected chi connectivity index (χ3v) is 1.60. The molecule has 0 aromatic carbocycles. The Hall–Kier alpha value is -0.490. The first-order chi connectivity index (χ1) is 4.60. The molecular weight excluding hydrogens is 134 g/mol. The van der Waals surface area contributed by atoms with Gasteiger partial charge in [0.15, 0.2) is 6.29 Å². The predicted octanol–water partition coefficient (Wildman–Crippen LogP) is -1.61. The summed E-state index contributed by atoms with van der Waals surface area (Å²) in [6, 6.07) is -0.00444. The van der Waals surface area contributed by atoms with Crippen molar-refractivity contribution < 1.29 is 9.53 Å². The first-order valence-electron chi connectivity index (χ1n) is 3.03. The number of nitrogens with zero attached hydrogens (tertiary/aromatic N) is 1. The molecule has 0 radical (unpaired) electrons. The van der Waals surface area contributed by atoms with Gasteiger partial charge < -0.3 is 4.74 Å². The molecule has 58 valence electrons. The average Bonchev–Trinajstić information content (AvgIpc) is 2.19. The molecule has 0 spiro atoms. The van der Waals surface area contributed by atoms with Gasteiger partial charge in [0, 0.05) is 6.04 Å². The van der Waals surface area contributed by atoms with Crippen molar-refractivity contribution >= 4 is 6.29 Å². The second kappa shape index (κ2) is 2.28. The molecule has 5 heteroatoms. The smallest absolute Gasteiger partial charge is 0.246 e. The van der Waals surface area contributed by atoms with Gasteiger partial charge in [-0.25, -0.2) is 0 Å². The molecule has 0 aliphatic carbocycles. The number of carbonyl (C=O) groups is 1. The van der Waals surface area contributed by atoms with Gasteiger partial charge in [-0.05, 0) is 6.92 Å². The lowest BCUT2D eigenvalue weighted by Crippen LogP contribution is -2.59. The Morgan fingerprint density at radius 2 is 2.50 bits per heavy atom. The highest BCUT2D eigenvalue weighted by molar-refractivity contribution is 5.61. The lowest BCUT2D eigenvalue weighted by Gasteiger charge is -2.24. The summed E-state index contributed by atoms with van der Waals surface area (Å²) in [6.45, 7) is 2.23. The van der Waals surface area contributed by atoms with Crippen LogP contribution in [0.2, 0.25) is 0 Å². The van der Waals surface area contributed by atoms with Crippen molar-refractivity contribution in [1.82, 2.24) is 5.01 Å². The Morgan fingerprint density at radius 3 is 2.70 bits per heavy atom. The quantitative estimate of drug-likeness (QED) is 0.343. The molecule has 0 saturated carbocycles. The molecule has 0 bridgehead atoms. The molecular formula is C5H11N3O2.